The zero-order valence-corrected chi connectivity index (χ0v) is 24.3. The molecule has 3 amide bonds. The predicted octanol–water partition coefficient (Wildman–Crippen LogP) is 4.50. The van der Waals surface area contributed by atoms with E-state index in [1.165, 1.54) is 0 Å². The molecule has 0 radical (unpaired) electrons. The third-order valence-corrected chi connectivity index (χ3v) is 9.72. The first-order valence-corrected chi connectivity index (χ1v) is 14.5. The summed E-state index contributed by atoms with van der Waals surface area (Å²) in [7, 11) is 0. The number of benzene rings is 1. The minimum absolute atomic E-state index is 0.0652. The number of amides is 3. The van der Waals surface area contributed by atoms with E-state index >= 15 is 0 Å². The number of hydrogen-bond donors (Lipinski definition) is 2. The number of likely N-dealkylation sites (tertiary alicyclic amines) is 2. The van der Waals surface area contributed by atoms with Gasteiger partial charge in [-0.3, -0.25) is 14.4 Å². The van der Waals surface area contributed by atoms with Gasteiger partial charge < -0.3 is 20.2 Å². The van der Waals surface area contributed by atoms with Gasteiger partial charge in [-0.05, 0) is 68.1 Å². The van der Waals surface area contributed by atoms with Crippen LogP contribution in [-0.2, 0) is 20.0 Å². The monoisotopic (exact) mass is 545 g/mol. The molecule has 2 N–H and O–H groups in total. The minimum Gasteiger partial charge on any atom is -0.384 e. The Balaban J connectivity index is 1.38. The van der Waals surface area contributed by atoms with Gasteiger partial charge in [0.15, 0.2) is 0 Å². The van der Waals surface area contributed by atoms with Crippen molar-refractivity contribution in [3.8, 4) is 0 Å². The summed E-state index contributed by atoms with van der Waals surface area (Å²) in [6, 6.07) is 6.66. The Morgan fingerprint density at radius 2 is 1.79 bits per heavy atom. The molecule has 8 heteroatoms. The topological polar surface area (TPSA) is 90.0 Å². The van der Waals surface area contributed by atoms with Crippen molar-refractivity contribution in [3.63, 3.8) is 0 Å². The highest BCUT2D eigenvalue weighted by atomic mass is 35.5. The largest absolute Gasteiger partial charge is 0.384 e. The summed E-state index contributed by atoms with van der Waals surface area (Å²) >= 11 is 6.06. The van der Waals surface area contributed by atoms with Gasteiger partial charge in [0, 0.05) is 49.0 Å². The van der Waals surface area contributed by atoms with Crippen LogP contribution >= 0.6 is 11.6 Å². The molecule has 38 heavy (non-hydrogen) atoms. The minimum atomic E-state index is -1.09. The molecule has 1 aliphatic carbocycles. The summed E-state index contributed by atoms with van der Waals surface area (Å²) in [6.07, 6.45) is 5.59. The van der Waals surface area contributed by atoms with Crippen LogP contribution in [0.5, 0.6) is 0 Å². The first-order chi connectivity index (χ1) is 17.8. The lowest BCUT2D eigenvalue weighted by molar-refractivity contribution is -0.156. The first kappa shape index (κ1) is 28.9. The van der Waals surface area contributed by atoms with Crippen LogP contribution < -0.4 is 5.32 Å². The molecule has 2 heterocycles. The normalized spacial score (nSPS) is 29.6. The maximum Gasteiger partial charge on any atom is 0.245 e. The van der Waals surface area contributed by atoms with Gasteiger partial charge >= 0.3 is 0 Å². The molecule has 210 valence electrons. The Morgan fingerprint density at radius 3 is 2.39 bits per heavy atom. The van der Waals surface area contributed by atoms with E-state index in [0.29, 0.717) is 31.0 Å². The fraction of sp³-hybridized carbons (Fsp3) is 0.700. The van der Waals surface area contributed by atoms with E-state index in [0.717, 1.165) is 44.2 Å². The summed E-state index contributed by atoms with van der Waals surface area (Å²) in [5.41, 5.74) is -0.961. The van der Waals surface area contributed by atoms with E-state index in [4.69, 9.17) is 11.6 Å². The average Bonchev–Trinajstić information content (AvgIpc) is 3.45. The lowest BCUT2D eigenvalue weighted by atomic mass is 9.66. The van der Waals surface area contributed by atoms with E-state index in [2.05, 4.69) is 5.32 Å². The number of nitrogens with zero attached hydrogens (tertiary/aromatic N) is 2. The second-order valence-electron chi connectivity index (χ2n) is 12.9. The zero-order valence-electron chi connectivity index (χ0n) is 23.6. The van der Waals surface area contributed by atoms with Gasteiger partial charge in [-0.2, -0.15) is 0 Å². The molecule has 2 aliphatic heterocycles. The van der Waals surface area contributed by atoms with Crippen LogP contribution in [0, 0.1) is 17.3 Å². The number of hydrogen-bond acceptors (Lipinski definition) is 4. The molecule has 1 unspecified atom stereocenters. The van der Waals surface area contributed by atoms with Crippen LogP contribution in [-0.4, -0.2) is 63.8 Å². The Hall–Kier alpha value is -2.12. The smallest absolute Gasteiger partial charge is 0.245 e. The van der Waals surface area contributed by atoms with Crippen molar-refractivity contribution in [3.05, 3.63) is 34.9 Å². The number of aliphatic hydroxyl groups is 1. The highest BCUT2D eigenvalue weighted by Crippen LogP contribution is 2.48. The molecule has 1 spiro atoms. The molecule has 0 bridgehead atoms. The fourth-order valence-electron chi connectivity index (χ4n) is 7.27. The van der Waals surface area contributed by atoms with Gasteiger partial charge in [-0.25, -0.2) is 0 Å². The van der Waals surface area contributed by atoms with Crippen LogP contribution in [0.15, 0.2) is 24.3 Å². The van der Waals surface area contributed by atoms with Crippen molar-refractivity contribution in [2.24, 2.45) is 17.3 Å². The van der Waals surface area contributed by atoms with E-state index in [1.807, 2.05) is 44.7 Å². The highest BCUT2D eigenvalue weighted by molar-refractivity contribution is 6.30. The summed E-state index contributed by atoms with van der Waals surface area (Å²) in [5.74, 6) is 0.0951. The molecule has 4 atom stereocenters. The standard InChI is InChI=1S/C30H44ClN3O4/c1-20(2)26(32-25(36)17-22-11-13-29(18-22)12-6-15-34(29)21(3)35)27(37)33-16-14-30(38,28(4,5)19-33)23-7-9-24(31)10-8-23/h7-10,20,22,26,38H,6,11-19H2,1-5H3,(H,32,36)/t22-,26+,29?,30-/m0/s1. The van der Waals surface area contributed by atoms with E-state index in [9.17, 15) is 19.5 Å². The molecular formula is C30H44ClN3O4. The van der Waals surface area contributed by atoms with Crippen molar-refractivity contribution >= 4 is 29.3 Å². The third-order valence-electron chi connectivity index (χ3n) is 9.47. The van der Waals surface area contributed by atoms with Gasteiger partial charge in [0.1, 0.15) is 6.04 Å². The third kappa shape index (κ3) is 5.46. The average molecular weight is 546 g/mol. The quantitative estimate of drug-likeness (QED) is 0.551. The van der Waals surface area contributed by atoms with Crippen LogP contribution in [0.25, 0.3) is 0 Å². The highest BCUT2D eigenvalue weighted by Gasteiger charge is 2.51. The Morgan fingerprint density at radius 1 is 1.11 bits per heavy atom. The van der Waals surface area contributed by atoms with E-state index < -0.39 is 17.1 Å². The van der Waals surface area contributed by atoms with Crippen molar-refractivity contribution in [1.29, 1.82) is 0 Å². The molecule has 3 fully saturated rings. The first-order valence-electron chi connectivity index (χ1n) is 14.1. The van der Waals surface area contributed by atoms with Crippen molar-refractivity contribution < 1.29 is 19.5 Å². The number of piperidine rings is 1. The second-order valence-corrected chi connectivity index (χ2v) is 13.3. The van der Waals surface area contributed by atoms with Crippen molar-refractivity contribution in [2.75, 3.05) is 19.6 Å². The SMILES string of the molecule is CC(=O)N1CCCC12CC[C@@H](CC(=O)N[C@@H](C(=O)N1CC[C@](O)(c3ccc(Cl)cc3)C(C)(C)C1)C(C)C)C2. The van der Waals surface area contributed by atoms with E-state index in [-0.39, 0.29) is 35.1 Å². The molecular weight excluding hydrogens is 502 g/mol. The number of halogens is 1. The van der Waals surface area contributed by atoms with Gasteiger partial charge in [-0.1, -0.05) is 51.4 Å². The maximum atomic E-state index is 13.7. The van der Waals surface area contributed by atoms with Crippen LogP contribution in [0.1, 0.15) is 85.1 Å². The Bertz CT molecular complexity index is 1060. The van der Waals surface area contributed by atoms with Crippen LogP contribution in [0.2, 0.25) is 5.02 Å². The number of carbonyl (C=O) groups is 3. The lowest BCUT2D eigenvalue weighted by Crippen LogP contribution is -2.60. The predicted molar refractivity (Wildman–Crippen MR) is 148 cm³/mol. The molecule has 0 aromatic heterocycles. The van der Waals surface area contributed by atoms with E-state index in [1.54, 1.807) is 24.0 Å². The van der Waals surface area contributed by atoms with Gasteiger partial charge in [0.05, 0.1) is 5.60 Å². The summed E-state index contributed by atoms with van der Waals surface area (Å²) < 4.78 is 0. The second kappa shape index (κ2) is 10.8. The van der Waals surface area contributed by atoms with Gasteiger partial charge in [0.2, 0.25) is 17.7 Å². The summed E-state index contributed by atoms with van der Waals surface area (Å²) in [6.45, 7) is 11.1. The molecule has 1 aromatic rings. The number of nitrogens with one attached hydrogen (secondary N) is 1. The van der Waals surface area contributed by atoms with Gasteiger partial charge in [0.25, 0.3) is 0 Å². The van der Waals surface area contributed by atoms with Crippen molar-refractivity contribution in [1.82, 2.24) is 15.1 Å². The Labute approximate surface area is 232 Å². The fourth-order valence-corrected chi connectivity index (χ4v) is 7.39. The van der Waals surface area contributed by atoms with Crippen molar-refractivity contribution in [2.45, 2.75) is 96.7 Å². The maximum absolute atomic E-state index is 13.7. The molecule has 3 aliphatic rings. The summed E-state index contributed by atoms with van der Waals surface area (Å²) in [5, 5.41) is 15.3. The Kier molecular flexibility index (Phi) is 8.21. The molecule has 4 rings (SSSR count). The lowest BCUT2D eigenvalue weighted by Gasteiger charge is -2.51. The molecule has 1 aromatic carbocycles. The molecule has 7 nitrogen and oxygen atoms in total. The molecule has 1 saturated carbocycles. The summed E-state index contributed by atoms with van der Waals surface area (Å²) in [4.78, 5) is 42.8. The van der Waals surface area contributed by atoms with Gasteiger partial charge in [-0.15, -0.1) is 0 Å². The van der Waals surface area contributed by atoms with Crippen LogP contribution in [0.4, 0.5) is 0 Å². The zero-order chi connectivity index (χ0) is 27.9. The number of carbonyl (C=O) groups excluding carboxylic acids is 3. The number of rotatable bonds is 6. The molecule has 2 saturated heterocycles. The van der Waals surface area contributed by atoms with Crippen LogP contribution in [0.3, 0.4) is 0 Å².